The van der Waals surface area contributed by atoms with E-state index in [1.165, 1.54) is 0 Å². The van der Waals surface area contributed by atoms with Gasteiger partial charge in [-0.05, 0) is 48.4 Å². The SMILES string of the molecule is O=C(NCCCc1nc(-c2ccncc2)cs1)c1ccc(OCc2ccccc2)cc1. The molecule has 0 fully saturated rings. The maximum atomic E-state index is 12.4. The zero-order chi connectivity index (χ0) is 21.3. The topological polar surface area (TPSA) is 64.1 Å². The lowest BCUT2D eigenvalue weighted by Crippen LogP contribution is -2.24. The Labute approximate surface area is 185 Å². The third-order valence-electron chi connectivity index (χ3n) is 4.75. The van der Waals surface area contributed by atoms with E-state index in [1.54, 1.807) is 35.9 Å². The summed E-state index contributed by atoms with van der Waals surface area (Å²) in [5.41, 5.74) is 3.78. The van der Waals surface area contributed by atoms with Crippen molar-refractivity contribution in [3.05, 3.63) is 101 Å². The molecule has 0 aliphatic heterocycles. The second kappa shape index (κ2) is 10.5. The van der Waals surface area contributed by atoms with Crippen LogP contribution in [0.15, 0.2) is 84.5 Å². The highest BCUT2D eigenvalue weighted by molar-refractivity contribution is 7.09. The number of aryl methyl sites for hydroxylation is 1. The molecule has 0 aliphatic rings. The molecule has 156 valence electrons. The fraction of sp³-hybridized carbons (Fsp3) is 0.160. The minimum absolute atomic E-state index is 0.0776. The molecule has 31 heavy (non-hydrogen) atoms. The number of benzene rings is 2. The van der Waals surface area contributed by atoms with Gasteiger partial charge in [-0.3, -0.25) is 9.78 Å². The van der Waals surface area contributed by atoms with Crippen LogP contribution in [0.25, 0.3) is 11.3 Å². The second-order valence-corrected chi connectivity index (χ2v) is 7.96. The van der Waals surface area contributed by atoms with Crippen molar-refractivity contribution >= 4 is 17.2 Å². The Hall–Kier alpha value is -3.51. The van der Waals surface area contributed by atoms with E-state index >= 15 is 0 Å². The van der Waals surface area contributed by atoms with Crippen molar-refractivity contribution in [2.45, 2.75) is 19.4 Å². The van der Waals surface area contributed by atoms with Crippen LogP contribution in [0.2, 0.25) is 0 Å². The number of carbonyl (C=O) groups is 1. The van der Waals surface area contributed by atoms with Gasteiger partial charge in [-0.25, -0.2) is 4.98 Å². The van der Waals surface area contributed by atoms with E-state index in [0.717, 1.165) is 40.4 Å². The highest BCUT2D eigenvalue weighted by Crippen LogP contribution is 2.21. The standard InChI is InChI=1S/C25H23N3O2S/c29-25(21-8-10-22(11-9-21)30-17-19-5-2-1-3-6-19)27-14-4-7-24-28-23(18-31-24)20-12-15-26-16-13-20/h1-3,5-6,8-13,15-16,18H,4,7,14,17H2,(H,27,29). The monoisotopic (exact) mass is 429 g/mol. The van der Waals surface area contributed by atoms with Gasteiger partial charge < -0.3 is 10.1 Å². The molecule has 1 N–H and O–H groups in total. The molecule has 2 aromatic carbocycles. The average Bonchev–Trinajstić information content (AvgIpc) is 3.31. The van der Waals surface area contributed by atoms with Crippen molar-refractivity contribution < 1.29 is 9.53 Å². The number of carbonyl (C=O) groups excluding carboxylic acids is 1. The second-order valence-electron chi connectivity index (χ2n) is 7.02. The Balaban J connectivity index is 1.20. The van der Waals surface area contributed by atoms with Crippen LogP contribution >= 0.6 is 11.3 Å². The molecule has 0 bridgehead atoms. The zero-order valence-electron chi connectivity index (χ0n) is 17.0. The summed E-state index contributed by atoms with van der Waals surface area (Å²) in [6, 6.07) is 21.1. The predicted octanol–water partition coefficient (Wildman–Crippen LogP) is 5.15. The van der Waals surface area contributed by atoms with Gasteiger partial charge >= 0.3 is 0 Å². The van der Waals surface area contributed by atoms with Crippen LogP contribution in [-0.4, -0.2) is 22.4 Å². The largest absolute Gasteiger partial charge is 0.489 e. The van der Waals surface area contributed by atoms with Gasteiger partial charge in [-0.2, -0.15) is 0 Å². The first-order valence-electron chi connectivity index (χ1n) is 10.2. The Bertz CT molecular complexity index is 1100. The number of rotatable bonds is 9. The van der Waals surface area contributed by atoms with Crippen molar-refractivity contribution in [1.29, 1.82) is 0 Å². The highest BCUT2D eigenvalue weighted by Gasteiger charge is 2.07. The third kappa shape index (κ3) is 5.99. The molecule has 4 rings (SSSR count). The summed E-state index contributed by atoms with van der Waals surface area (Å²) >= 11 is 1.65. The van der Waals surface area contributed by atoms with Crippen LogP contribution in [0.1, 0.15) is 27.3 Å². The molecule has 6 heteroatoms. The van der Waals surface area contributed by atoms with Gasteiger partial charge in [0.05, 0.1) is 10.7 Å². The Morgan fingerprint density at radius 2 is 1.74 bits per heavy atom. The van der Waals surface area contributed by atoms with Crippen LogP contribution < -0.4 is 10.1 Å². The zero-order valence-corrected chi connectivity index (χ0v) is 17.8. The first-order valence-corrected chi connectivity index (χ1v) is 11.1. The first kappa shape index (κ1) is 20.8. The lowest BCUT2D eigenvalue weighted by atomic mass is 10.2. The number of amides is 1. The van der Waals surface area contributed by atoms with Crippen molar-refractivity contribution in [1.82, 2.24) is 15.3 Å². The third-order valence-corrected chi connectivity index (χ3v) is 5.65. The van der Waals surface area contributed by atoms with E-state index in [2.05, 4.69) is 20.7 Å². The summed E-state index contributed by atoms with van der Waals surface area (Å²) in [6.45, 7) is 1.11. The molecule has 1 amide bonds. The molecule has 0 saturated heterocycles. The quantitative estimate of drug-likeness (QED) is 0.374. The first-order chi connectivity index (χ1) is 15.3. The van der Waals surface area contributed by atoms with Crippen molar-refractivity contribution in [3.63, 3.8) is 0 Å². The minimum atomic E-state index is -0.0776. The molecular weight excluding hydrogens is 406 g/mol. The molecular formula is C25H23N3O2S. The van der Waals surface area contributed by atoms with Crippen LogP contribution in [0.3, 0.4) is 0 Å². The predicted molar refractivity (Wildman–Crippen MR) is 123 cm³/mol. The van der Waals surface area contributed by atoms with Crippen LogP contribution in [0, 0.1) is 0 Å². The summed E-state index contributed by atoms with van der Waals surface area (Å²) in [5, 5.41) is 6.10. The molecule has 2 heterocycles. The molecule has 0 aliphatic carbocycles. The van der Waals surface area contributed by atoms with E-state index in [4.69, 9.17) is 4.74 Å². The number of pyridine rings is 1. The van der Waals surface area contributed by atoms with Crippen molar-refractivity contribution in [2.24, 2.45) is 0 Å². The summed E-state index contributed by atoms with van der Waals surface area (Å²) in [5.74, 6) is 0.667. The molecule has 0 atom stereocenters. The molecule has 5 nitrogen and oxygen atoms in total. The molecule has 0 radical (unpaired) electrons. The van der Waals surface area contributed by atoms with E-state index in [9.17, 15) is 4.79 Å². The van der Waals surface area contributed by atoms with E-state index in [1.807, 2.05) is 54.6 Å². The Morgan fingerprint density at radius 1 is 0.968 bits per heavy atom. The van der Waals surface area contributed by atoms with Crippen LogP contribution in [0.4, 0.5) is 0 Å². The Kier molecular flexibility index (Phi) is 7.03. The van der Waals surface area contributed by atoms with Gasteiger partial charge in [0.15, 0.2) is 0 Å². The van der Waals surface area contributed by atoms with Gasteiger partial charge in [0.2, 0.25) is 0 Å². The Morgan fingerprint density at radius 3 is 2.52 bits per heavy atom. The minimum Gasteiger partial charge on any atom is -0.489 e. The number of hydrogen-bond acceptors (Lipinski definition) is 5. The number of nitrogens with zero attached hydrogens (tertiary/aromatic N) is 2. The number of hydrogen-bond donors (Lipinski definition) is 1. The normalized spacial score (nSPS) is 10.6. The fourth-order valence-electron chi connectivity index (χ4n) is 3.07. The van der Waals surface area contributed by atoms with Gasteiger partial charge in [-0.1, -0.05) is 30.3 Å². The highest BCUT2D eigenvalue weighted by atomic mass is 32.1. The summed E-state index contributed by atoms with van der Waals surface area (Å²) in [7, 11) is 0. The summed E-state index contributed by atoms with van der Waals surface area (Å²) < 4.78 is 5.77. The molecule has 0 unspecified atom stereocenters. The van der Waals surface area contributed by atoms with E-state index < -0.39 is 0 Å². The van der Waals surface area contributed by atoms with E-state index in [0.29, 0.717) is 18.7 Å². The number of ether oxygens (including phenoxy) is 1. The van der Waals surface area contributed by atoms with Gasteiger partial charge in [-0.15, -0.1) is 11.3 Å². The number of aromatic nitrogens is 2. The van der Waals surface area contributed by atoms with E-state index in [-0.39, 0.29) is 5.91 Å². The average molecular weight is 430 g/mol. The van der Waals surface area contributed by atoms with Gasteiger partial charge in [0.25, 0.3) is 5.91 Å². The fourth-order valence-corrected chi connectivity index (χ4v) is 3.92. The maximum Gasteiger partial charge on any atom is 0.251 e. The summed E-state index contributed by atoms with van der Waals surface area (Å²) in [6.07, 6.45) is 5.22. The molecule has 2 aromatic heterocycles. The molecule has 4 aromatic rings. The maximum absolute atomic E-state index is 12.4. The number of thiazole rings is 1. The van der Waals surface area contributed by atoms with Gasteiger partial charge in [0.1, 0.15) is 12.4 Å². The van der Waals surface area contributed by atoms with Crippen molar-refractivity contribution in [3.8, 4) is 17.0 Å². The van der Waals surface area contributed by atoms with Crippen molar-refractivity contribution in [2.75, 3.05) is 6.54 Å². The molecule has 0 spiro atoms. The smallest absolute Gasteiger partial charge is 0.251 e. The lowest BCUT2D eigenvalue weighted by Gasteiger charge is -2.08. The molecule has 0 saturated carbocycles. The van der Waals surface area contributed by atoms with Crippen LogP contribution in [-0.2, 0) is 13.0 Å². The number of nitrogens with one attached hydrogen (secondary N) is 1. The van der Waals surface area contributed by atoms with Gasteiger partial charge in [0, 0.05) is 41.9 Å². The summed E-state index contributed by atoms with van der Waals surface area (Å²) in [4.78, 5) is 21.1. The lowest BCUT2D eigenvalue weighted by molar-refractivity contribution is 0.0953. The van der Waals surface area contributed by atoms with Crippen LogP contribution in [0.5, 0.6) is 5.75 Å².